The maximum absolute atomic E-state index is 8.91. The molecule has 1 atom stereocenters. The van der Waals surface area contributed by atoms with Gasteiger partial charge in [-0.25, -0.2) is 4.98 Å². The Balaban J connectivity index is 2.62. The smallest absolute Gasteiger partial charge is 0.149 e. The van der Waals surface area contributed by atoms with Crippen molar-refractivity contribution in [3.05, 3.63) is 17.5 Å². The summed E-state index contributed by atoms with van der Waals surface area (Å²) < 4.78 is 0. The van der Waals surface area contributed by atoms with Gasteiger partial charge in [-0.2, -0.15) is 0 Å². The highest BCUT2D eigenvalue weighted by molar-refractivity contribution is 6.29. The van der Waals surface area contributed by atoms with Gasteiger partial charge >= 0.3 is 0 Å². The molecule has 0 spiro atoms. The Bertz CT molecular complexity index is 265. The van der Waals surface area contributed by atoms with E-state index in [4.69, 9.17) is 16.7 Å². The lowest BCUT2D eigenvalue weighted by Crippen LogP contribution is -2.23. The van der Waals surface area contributed by atoms with Crippen LogP contribution in [-0.4, -0.2) is 27.7 Å². The van der Waals surface area contributed by atoms with E-state index >= 15 is 0 Å². The number of hydrogen-bond donors (Lipinski definition) is 2. The van der Waals surface area contributed by atoms with E-state index in [9.17, 15) is 0 Å². The van der Waals surface area contributed by atoms with Crippen LogP contribution in [0.3, 0.4) is 0 Å². The summed E-state index contributed by atoms with van der Waals surface area (Å²) in [5.74, 6) is 0.591. The molecular formula is C8H12ClN3O. The van der Waals surface area contributed by atoms with E-state index in [0.717, 1.165) is 6.42 Å². The standard InChI is InChI=1S/C8H12ClN3O/c1-2-6(5-13)11-8-4-10-3-7(9)12-8/h3-4,6,13H,2,5H2,1H3,(H,11,12). The third kappa shape index (κ3) is 3.16. The van der Waals surface area contributed by atoms with Crippen molar-refractivity contribution in [2.24, 2.45) is 0 Å². The zero-order valence-electron chi connectivity index (χ0n) is 7.37. The molecule has 0 bridgehead atoms. The van der Waals surface area contributed by atoms with E-state index in [1.54, 1.807) is 6.20 Å². The molecule has 72 valence electrons. The first kappa shape index (κ1) is 10.2. The number of halogens is 1. The second-order valence-electron chi connectivity index (χ2n) is 2.66. The molecule has 0 radical (unpaired) electrons. The van der Waals surface area contributed by atoms with Crippen molar-refractivity contribution < 1.29 is 5.11 Å². The number of aliphatic hydroxyl groups is 1. The van der Waals surface area contributed by atoms with E-state index in [1.807, 2.05) is 6.92 Å². The topological polar surface area (TPSA) is 58.0 Å². The number of nitrogens with one attached hydrogen (secondary N) is 1. The molecule has 1 unspecified atom stereocenters. The van der Waals surface area contributed by atoms with Crippen LogP contribution in [0, 0.1) is 0 Å². The largest absolute Gasteiger partial charge is 0.394 e. The summed E-state index contributed by atoms with van der Waals surface area (Å²) >= 11 is 5.64. The molecule has 0 aliphatic carbocycles. The summed E-state index contributed by atoms with van der Waals surface area (Å²) in [5.41, 5.74) is 0. The van der Waals surface area contributed by atoms with Crippen LogP contribution in [0.2, 0.25) is 5.15 Å². The Hall–Kier alpha value is -0.870. The number of hydrogen-bond acceptors (Lipinski definition) is 4. The van der Waals surface area contributed by atoms with Crippen LogP contribution in [0.4, 0.5) is 5.82 Å². The normalized spacial score (nSPS) is 12.5. The van der Waals surface area contributed by atoms with E-state index in [1.165, 1.54) is 6.20 Å². The molecule has 0 saturated heterocycles. The molecule has 5 heteroatoms. The van der Waals surface area contributed by atoms with Gasteiger partial charge in [-0.3, -0.25) is 4.98 Å². The summed E-state index contributed by atoms with van der Waals surface area (Å²) in [6.45, 7) is 2.05. The van der Waals surface area contributed by atoms with Crippen LogP contribution >= 0.6 is 11.6 Å². The second kappa shape index (κ2) is 4.99. The molecule has 0 amide bonds. The van der Waals surface area contributed by atoms with E-state index in [2.05, 4.69) is 15.3 Å². The van der Waals surface area contributed by atoms with Crippen LogP contribution in [-0.2, 0) is 0 Å². The number of aromatic nitrogens is 2. The van der Waals surface area contributed by atoms with E-state index in [0.29, 0.717) is 11.0 Å². The number of nitrogens with zero attached hydrogens (tertiary/aromatic N) is 2. The minimum Gasteiger partial charge on any atom is -0.394 e. The van der Waals surface area contributed by atoms with Crippen molar-refractivity contribution in [1.82, 2.24) is 9.97 Å². The van der Waals surface area contributed by atoms with Gasteiger partial charge in [-0.15, -0.1) is 0 Å². The van der Waals surface area contributed by atoms with Crippen LogP contribution in [0.15, 0.2) is 12.4 Å². The predicted octanol–water partition coefficient (Wildman–Crippen LogP) is 1.31. The van der Waals surface area contributed by atoms with Crippen molar-refractivity contribution in [1.29, 1.82) is 0 Å². The molecule has 0 aliphatic rings. The Morgan fingerprint density at radius 2 is 2.38 bits per heavy atom. The molecule has 0 saturated carbocycles. The van der Waals surface area contributed by atoms with E-state index in [-0.39, 0.29) is 12.6 Å². The monoisotopic (exact) mass is 201 g/mol. The fraction of sp³-hybridized carbons (Fsp3) is 0.500. The van der Waals surface area contributed by atoms with Gasteiger partial charge in [0, 0.05) is 0 Å². The van der Waals surface area contributed by atoms with Gasteiger partial charge in [0.05, 0.1) is 25.0 Å². The first-order chi connectivity index (χ1) is 6.26. The minimum absolute atomic E-state index is 0.00719. The summed E-state index contributed by atoms with van der Waals surface area (Å²) in [4.78, 5) is 7.86. The first-order valence-electron chi connectivity index (χ1n) is 4.11. The fourth-order valence-electron chi connectivity index (χ4n) is 0.898. The van der Waals surface area contributed by atoms with Gasteiger partial charge in [0.25, 0.3) is 0 Å². The lowest BCUT2D eigenvalue weighted by Gasteiger charge is -2.13. The maximum atomic E-state index is 8.91. The summed E-state index contributed by atoms with van der Waals surface area (Å²) in [6.07, 6.45) is 3.86. The summed E-state index contributed by atoms with van der Waals surface area (Å²) in [5, 5.41) is 12.3. The second-order valence-corrected chi connectivity index (χ2v) is 3.05. The highest BCUT2D eigenvalue weighted by Gasteiger charge is 2.04. The van der Waals surface area contributed by atoms with Gasteiger partial charge in [0.1, 0.15) is 11.0 Å². The molecule has 1 aromatic rings. The quantitative estimate of drug-likeness (QED) is 0.772. The third-order valence-corrected chi connectivity index (χ3v) is 1.85. The highest BCUT2D eigenvalue weighted by atomic mass is 35.5. The van der Waals surface area contributed by atoms with Crippen molar-refractivity contribution >= 4 is 17.4 Å². The lowest BCUT2D eigenvalue weighted by molar-refractivity contribution is 0.271. The fourth-order valence-corrected chi connectivity index (χ4v) is 1.05. The molecule has 0 fully saturated rings. The SMILES string of the molecule is CCC(CO)Nc1cncc(Cl)n1. The highest BCUT2D eigenvalue weighted by Crippen LogP contribution is 2.08. The zero-order valence-corrected chi connectivity index (χ0v) is 8.12. The van der Waals surface area contributed by atoms with Gasteiger partial charge in [-0.1, -0.05) is 18.5 Å². The van der Waals surface area contributed by atoms with E-state index < -0.39 is 0 Å². The molecule has 1 heterocycles. The van der Waals surface area contributed by atoms with Gasteiger partial charge in [0.2, 0.25) is 0 Å². The molecule has 2 N–H and O–H groups in total. The predicted molar refractivity (Wildman–Crippen MR) is 51.8 cm³/mol. The van der Waals surface area contributed by atoms with Crippen molar-refractivity contribution in [2.75, 3.05) is 11.9 Å². The number of rotatable bonds is 4. The Morgan fingerprint density at radius 1 is 1.62 bits per heavy atom. The zero-order chi connectivity index (χ0) is 9.68. The van der Waals surface area contributed by atoms with Gasteiger partial charge in [-0.05, 0) is 6.42 Å². The van der Waals surface area contributed by atoms with Crippen molar-refractivity contribution in [3.8, 4) is 0 Å². The Labute approximate surface area is 82.0 Å². The Kier molecular flexibility index (Phi) is 3.92. The van der Waals surface area contributed by atoms with Crippen LogP contribution in [0.25, 0.3) is 0 Å². The van der Waals surface area contributed by atoms with Gasteiger partial charge in [0.15, 0.2) is 0 Å². The minimum atomic E-state index is 0.00719. The van der Waals surface area contributed by atoms with Crippen LogP contribution in [0.1, 0.15) is 13.3 Å². The van der Waals surface area contributed by atoms with Gasteiger partial charge < -0.3 is 10.4 Å². The molecule has 13 heavy (non-hydrogen) atoms. The first-order valence-corrected chi connectivity index (χ1v) is 4.49. The molecule has 0 aromatic carbocycles. The van der Waals surface area contributed by atoms with Crippen LogP contribution < -0.4 is 5.32 Å². The number of anilines is 1. The molecule has 4 nitrogen and oxygen atoms in total. The lowest BCUT2D eigenvalue weighted by atomic mass is 10.2. The molecular weight excluding hydrogens is 190 g/mol. The molecule has 0 aliphatic heterocycles. The van der Waals surface area contributed by atoms with Crippen molar-refractivity contribution in [2.45, 2.75) is 19.4 Å². The number of aliphatic hydroxyl groups excluding tert-OH is 1. The summed E-state index contributed by atoms with van der Waals surface area (Å²) in [6, 6.07) is 0.00719. The third-order valence-electron chi connectivity index (χ3n) is 1.67. The molecule has 1 rings (SSSR count). The van der Waals surface area contributed by atoms with Crippen molar-refractivity contribution in [3.63, 3.8) is 0 Å². The molecule has 1 aromatic heterocycles. The maximum Gasteiger partial charge on any atom is 0.149 e. The average molecular weight is 202 g/mol. The average Bonchev–Trinajstić information content (AvgIpc) is 2.14. The Morgan fingerprint density at radius 3 is 2.92 bits per heavy atom. The summed E-state index contributed by atoms with van der Waals surface area (Å²) in [7, 11) is 0. The van der Waals surface area contributed by atoms with Crippen LogP contribution in [0.5, 0.6) is 0 Å².